The Morgan fingerprint density at radius 2 is 1.89 bits per heavy atom. The highest BCUT2D eigenvalue weighted by Crippen LogP contribution is 2.36. The minimum absolute atomic E-state index is 0.00584. The van der Waals surface area contributed by atoms with Gasteiger partial charge in [-0.3, -0.25) is 29.1 Å². The summed E-state index contributed by atoms with van der Waals surface area (Å²) >= 11 is 0. The first-order valence-electron chi connectivity index (χ1n) is 22.1. The Kier molecular flexibility index (Phi) is 12.5. The van der Waals surface area contributed by atoms with Crippen molar-refractivity contribution >= 4 is 45.8 Å². The highest BCUT2D eigenvalue weighted by Gasteiger charge is 2.32. The van der Waals surface area contributed by atoms with Gasteiger partial charge in [-0.1, -0.05) is 17.9 Å². The van der Waals surface area contributed by atoms with Gasteiger partial charge in [0.15, 0.2) is 11.3 Å². The van der Waals surface area contributed by atoms with Crippen LogP contribution in [0.3, 0.4) is 0 Å². The topological polar surface area (TPSA) is 166 Å². The molecule has 16 nitrogen and oxygen atoms in total. The Morgan fingerprint density at radius 3 is 2.68 bits per heavy atom. The van der Waals surface area contributed by atoms with Crippen molar-refractivity contribution in [1.82, 2.24) is 44.4 Å². The zero-order chi connectivity index (χ0) is 43.6. The van der Waals surface area contributed by atoms with Gasteiger partial charge in [-0.15, -0.1) is 0 Å². The molecule has 3 saturated heterocycles. The minimum atomic E-state index is -2.86. The van der Waals surface area contributed by atoms with E-state index < -0.39 is 24.1 Å². The first-order valence-corrected chi connectivity index (χ1v) is 22.1. The second-order valence-electron chi connectivity index (χ2n) is 17.2. The average molecular weight is 866 g/mol. The second kappa shape index (κ2) is 18.5. The van der Waals surface area contributed by atoms with Crippen molar-refractivity contribution in [3.63, 3.8) is 0 Å². The predicted molar refractivity (Wildman–Crippen MR) is 230 cm³/mol. The number of imide groups is 1. The molecule has 5 aromatic rings. The normalized spacial score (nSPS) is 22.9. The van der Waals surface area contributed by atoms with Gasteiger partial charge in [-0.05, 0) is 89.3 Å². The van der Waals surface area contributed by atoms with Crippen molar-refractivity contribution < 1.29 is 32.6 Å². The Morgan fingerprint density at radius 1 is 1.06 bits per heavy atom. The molecule has 0 radical (unpaired) electrons. The van der Waals surface area contributed by atoms with Crippen molar-refractivity contribution in [1.29, 1.82) is 0 Å². The Bertz CT molecular complexity index is 2540. The second-order valence-corrected chi connectivity index (χ2v) is 17.2. The van der Waals surface area contributed by atoms with Crippen LogP contribution >= 0.6 is 0 Å². The minimum Gasteiger partial charge on any atom is -0.377 e. The zero-order valence-corrected chi connectivity index (χ0v) is 35.6. The largest absolute Gasteiger partial charge is 0.377 e. The number of anilines is 2. The third-order valence-electron chi connectivity index (χ3n) is 12.9. The van der Waals surface area contributed by atoms with Crippen LogP contribution in [0.5, 0.6) is 0 Å². The molecule has 1 saturated carbocycles. The molecule has 0 bridgehead atoms. The number of aryl methyl sites for hydroxylation is 1. The molecule has 2 N–H and O–H groups in total. The van der Waals surface area contributed by atoms with Gasteiger partial charge in [0.05, 0.1) is 41.3 Å². The van der Waals surface area contributed by atoms with Gasteiger partial charge in [0.25, 0.3) is 18.2 Å². The standard InChI is InChI=1S/C45H53F2N11O5/c1-28-25-55(18-5-23-62-28)38-17-21-56-43(50-38)34(24-48-56)44(60)49-35-27-57(53-41(35)42(46)47)32-11-9-30(10-12-32)26-54-19-15-33(16-20-54)63-22-4-7-31-6-3-8-36-40(31)29(2)52-58(36)37-13-14-39(59)51-45(37)61/h3,6,8,17,21,24,27-28,30,32-33,37,42H,5,9-16,18-20,22-23,25-26H2,1-2H3,(H,49,60)(H,51,59,61)/t28-,30?,32?,37?/m1/s1. The molecule has 4 aliphatic rings. The summed E-state index contributed by atoms with van der Waals surface area (Å²) in [6.07, 6.45) is 8.93. The number of amides is 3. The first-order chi connectivity index (χ1) is 30.6. The van der Waals surface area contributed by atoms with E-state index in [9.17, 15) is 23.2 Å². The molecule has 7 heterocycles. The molecule has 4 fully saturated rings. The van der Waals surface area contributed by atoms with Crippen LogP contribution < -0.4 is 15.5 Å². The van der Waals surface area contributed by atoms with Crippen LogP contribution in [0.25, 0.3) is 16.6 Å². The highest BCUT2D eigenvalue weighted by molar-refractivity contribution is 6.08. The number of alkyl halides is 2. The van der Waals surface area contributed by atoms with Crippen LogP contribution in [0.4, 0.5) is 20.3 Å². The molecule has 2 atom stereocenters. The molecule has 4 aromatic heterocycles. The number of nitrogens with zero attached hydrogens (tertiary/aromatic N) is 9. The van der Waals surface area contributed by atoms with Crippen molar-refractivity contribution in [2.24, 2.45) is 5.92 Å². The molecule has 63 heavy (non-hydrogen) atoms. The summed E-state index contributed by atoms with van der Waals surface area (Å²) in [5.41, 5.74) is 2.50. The number of likely N-dealkylation sites (tertiary alicyclic amines) is 1. The van der Waals surface area contributed by atoms with E-state index in [1.807, 2.05) is 38.1 Å². The van der Waals surface area contributed by atoms with E-state index in [-0.39, 0.29) is 47.7 Å². The lowest BCUT2D eigenvalue weighted by molar-refractivity contribution is -0.135. The summed E-state index contributed by atoms with van der Waals surface area (Å²) in [6, 6.07) is 7.06. The summed E-state index contributed by atoms with van der Waals surface area (Å²) in [7, 11) is 0. The van der Waals surface area contributed by atoms with Gasteiger partial charge in [0.2, 0.25) is 5.91 Å². The molecule has 9 rings (SSSR count). The molecule has 1 aromatic carbocycles. The number of carbonyl (C=O) groups excluding carboxylic acids is 3. The van der Waals surface area contributed by atoms with E-state index in [0.717, 1.165) is 93.3 Å². The van der Waals surface area contributed by atoms with Crippen LogP contribution in [0.2, 0.25) is 0 Å². The van der Waals surface area contributed by atoms with Gasteiger partial charge < -0.3 is 24.6 Å². The molecular weight excluding hydrogens is 813 g/mol. The summed E-state index contributed by atoms with van der Waals surface area (Å²) in [4.78, 5) is 47.2. The monoisotopic (exact) mass is 865 g/mol. The number of piperidine rings is 2. The van der Waals surface area contributed by atoms with Crippen LogP contribution in [-0.2, 0) is 19.1 Å². The zero-order valence-electron chi connectivity index (χ0n) is 35.6. The molecule has 3 aliphatic heterocycles. The van der Waals surface area contributed by atoms with Gasteiger partial charge in [0.1, 0.15) is 24.0 Å². The van der Waals surface area contributed by atoms with E-state index in [0.29, 0.717) is 43.6 Å². The van der Waals surface area contributed by atoms with Crippen LogP contribution in [-0.4, -0.2) is 115 Å². The average Bonchev–Trinajstić information content (AvgIpc) is 3.95. The lowest BCUT2D eigenvalue weighted by Gasteiger charge is -2.36. The lowest BCUT2D eigenvalue weighted by Crippen LogP contribution is -2.42. The maximum atomic E-state index is 14.3. The van der Waals surface area contributed by atoms with Crippen molar-refractivity contribution in [2.45, 2.75) is 102 Å². The molecule has 1 unspecified atom stereocenters. The van der Waals surface area contributed by atoms with Gasteiger partial charge >= 0.3 is 0 Å². The van der Waals surface area contributed by atoms with Crippen molar-refractivity contribution in [3.8, 4) is 11.8 Å². The third-order valence-corrected chi connectivity index (χ3v) is 12.9. The fourth-order valence-electron chi connectivity index (χ4n) is 9.58. The Hall–Kier alpha value is -5.77. The summed E-state index contributed by atoms with van der Waals surface area (Å²) < 4.78 is 45.4. The molecule has 0 spiro atoms. The number of nitrogens with one attached hydrogen (secondary N) is 2. The number of halogens is 2. The number of fused-ring (bicyclic) bond motifs is 2. The number of benzene rings is 1. The fraction of sp³-hybridized carbons (Fsp3) is 0.533. The smallest absolute Gasteiger partial charge is 0.284 e. The quantitative estimate of drug-likeness (QED) is 0.132. The van der Waals surface area contributed by atoms with Crippen LogP contribution in [0, 0.1) is 24.7 Å². The molecule has 18 heteroatoms. The Balaban J connectivity index is 0.745. The predicted octanol–water partition coefficient (Wildman–Crippen LogP) is 5.63. The van der Waals surface area contributed by atoms with Crippen LogP contribution in [0.1, 0.15) is 111 Å². The maximum Gasteiger partial charge on any atom is 0.284 e. The molecule has 1 aliphatic carbocycles. The number of rotatable bonds is 10. The maximum absolute atomic E-state index is 14.3. The summed E-state index contributed by atoms with van der Waals surface area (Å²) in [5.74, 6) is 6.48. The number of hydrogen-bond donors (Lipinski definition) is 2. The van der Waals surface area contributed by atoms with E-state index in [1.54, 1.807) is 21.8 Å². The Labute approximate surface area is 363 Å². The molecule has 332 valence electrons. The number of hydrogen-bond acceptors (Lipinski definition) is 11. The van der Waals surface area contributed by atoms with Crippen molar-refractivity contribution in [2.75, 3.05) is 56.2 Å². The summed E-state index contributed by atoms with van der Waals surface area (Å²) in [5, 5.41) is 19.3. The van der Waals surface area contributed by atoms with Gasteiger partial charge in [-0.2, -0.15) is 15.3 Å². The molecule has 3 amide bonds. The number of carbonyl (C=O) groups is 3. The highest BCUT2D eigenvalue weighted by atomic mass is 19.3. The van der Waals surface area contributed by atoms with Gasteiger partial charge in [0, 0.05) is 69.1 Å². The molecular formula is C45H53F2N11O5. The number of aromatic nitrogens is 7. The third kappa shape index (κ3) is 9.32. The van der Waals surface area contributed by atoms with E-state index in [1.165, 1.54) is 10.7 Å². The van der Waals surface area contributed by atoms with E-state index in [2.05, 4.69) is 47.6 Å². The van der Waals surface area contributed by atoms with Crippen molar-refractivity contribution in [3.05, 3.63) is 65.4 Å². The van der Waals surface area contributed by atoms with Crippen LogP contribution in [0.15, 0.2) is 42.9 Å². The van der Waals surface area contributed by atoms with Gasteiger partial charge in [-0.25, -0.2) is 18.3 Å². The first kappa shape index (κ1) is 42.5. The fourth-order valence-corrected chi connectivity index (χ4v) is 9.58. The van der Waals surface area contributed by atoms with E-state index in [4.69, 9.17) is 14.5 Å². The lowest BCUT2D eigenvalue weighted by atomic mass is 9.85. The SMILES string of the molecule is Cc1nn(C2CCC(=O)NC2=O)c2cccc(C#CCOC3CCN(CC4CCC(n5cc(NC(=O)c6cnn7ccc(N8CCCO[C@H](C)C8)nc67)c(C(F)F)n5)CC4)CC3)c12. The number of ether oxygens (including phenoxy) is 2. The summed E-state index contributed by atoms with van der Waals surface area (Å²) in [6.45, 7) is 9.19. The van der Waals surface area contributed by atoms with E-state index >= 15 is 0 Å².